The van der Waals surface area contributed by atoms with Crippen molar-refractivity contribution >= 4 is 23.4 Å². The van der Waals surface area contributed by atoms with Crippen molar-refractivity contribution in [2.75, 3.05) is 45.6 Å². The third-order valence-electron chi connectivity index (χ3n) is 3.56. The molecule has 1 aliphatic heterocycles. The first-order chi connectivity index (χ1) is 9.19. The van der Waals surface area contributed by atoms with Gasteiger partial charge in [0.15, 0.2) is 0 Å². The van der Waals surface area contributed by atoms with Crippen LogP contribution in [0.2, 0.25) is 5.02 Å². The normalized spacial score (nSPS) is 21.7. The monoisotopic (exact) mass is 300 g/mol. The summed E-state index contributed by atoms with van der Waals surface area (Å²) in [6.07, 6.45) is 0. The topological polar surface area (TPSA) is 26.7 Å². The van der Waals surface area contributed by atoms with E-state index in [1.807, 2.05) is 23.9 Å². The molecule has 3 nitrogen and oxygen atoms in total. The molecule has 2 rings (SSSR count). The van der Waals surface area contributed by atoms with Gasteiger partial charge in [-0.25, -0.2) is 0 Å². The van der Waals surface area contributed by atoms with Crippen molar-refractivity contribution in [2.24, 2.45) is 0 Å². The van der Waals surface area contributed by atoms with Gasteiger partial charge >= 0.3 is 0 Å². The highest BCUT2D eigenvalue weighted by Crippen LogP contribution is 2.20. The molecule has 106 valence electrons. The van der Waals surface area contributed by atoms with E-state index in [-0.39, 0.29) is 12.6 Å². The molecule has 1 heterocycles. The second kappa shape index (κ2) is 7.50. The van der Waals surface area contributed by atoms with E-state index in [0.29, 0.717) is 0 Å². The molecule has 1 aromatic carbocycles. The van der Waals surface area contributed by atoms with Crippen LogP contribution in [-0.4, -0.2) is 66.5 Å². The zero-order valence-corrected chi connectivity index (χ0v) is 12.8. The highest BCUT2D eigenvalue weighted by Gasteiger charge is 2.22. The lowest BCUT2D eigenvalue weighted by atomic mass is 10.2. The Morgan fingerprint density at radius 3 is 2.74 bits per heavy atom. The molecule has 1 aromatic rings. The molecule has 0 radical (unpaired) electrons. The Balaban J connectivity index is 1.72. The van der Waals surface area contributed by atoms with Gasteiger partial charge in [-0.05, 0) is 31.3 Å². The Hall–Kier alpha value is -0.260. The molecule has 0 saturated carbocycles. The van der Waals surface area contributed by atoms with Crippen LogP contribution in [0.15, 0.2) is 29.2 Å². The summed E-state index contributed by atoms with van der Waals surface area (Å²) in [5.74, 6) is 1.07. The van der Waals surface area contributed by atoms with Crippen molar-refractivity contribution in [3.05, 3.63) is 29.3 Å². The molecule has 0 aromatic heterocycles. The van der Waals surface area contributed by atoms with Gasteiger partial charge < -0.3 is 5.11 Å². The van der Waals surface area contributed by atoms with E-state index in [0.717, 1.165) is 37.0 Å². The lowest BCUT2D eigenvalue weighted by Crippen LogP contribution is -2.53. The van der Waals surface area contributed by atoms with E-state index >= 15 is 0 Å². The van der Waals surface area contributed by atoms with Gasteiger partial charge in [-0.15, -0.1) is 11.8 Å². The zero-order chi connectivity index (χ0) is 13.7. The lowest BCUT2D eigenvalue weighted by molar-refractivity contribution is 0.0610. The molecule has 0 spiro atoms. The summed E-state index contributed by atoms with van der Waals surface area (Å²) in [4.78, 5) is 5.93. The van der Waals surface area contributed by atoms with Gasteiger partial charge in [0, 0.05) is 47.9 Å². The highest BCUT2D eigenvalue weighted by atomic mass is 35.5. The maximum atomic E-state index is 9.32. The molecule has 5 heteroatoms. The van der Waals surface area contributed by atoms with Crippen LogP contribution in [0.3, 0.4) is 0 Å². The van der Waals surface area contributed by atoms with Gasteiger partial charge in [0.1, 0.15) is 0 Å². The Morgan fingerprint density at radius 2 is 2.05 bits per heavy atom. The van der Waals surface area contributed by atoms with Crippen LogP contribution in [0.5, 0.6) is 0 Å². The Labute approximate surface area is 124 Å². The first-order valence-electron chi connectivity index (χ1n) is 6.61. The van der Waals surface area contributed by atoms with Crippen molar-refractivity contribution in [1.29, 1.82) is 0 Å². The maximum Gasteiger partial charge on any atom is 0.0599 e. The van der Waals surface area contributed by atoms with E-state index in [1.165, 1.54) is 4.90 Å². The second-order valence-corrected chi connectivity index (χ2v) is 6.52. The minimum absolute atomic E-state index is 0.247. The van der Waals surface area contributed by atoms with Crippen LogP contribution < -0.4 is 0 Å². The number of hydrogen-bond acceptors (Lipinski definition) is 4. The first-order valence-corrected chi connectivity index (χ1v) is 7.97. The Kier molecular flexibility index (Phi) is 5.98. The zero-order valence-electron chi connectivity index (χ0n) is 11.3. The number of hydrogen-bond donors (Lipinski definition) is 1. The predicted molar refractivity (Wildman–Crippen MR) is 82.1 cm³/mol. The number of rotatable bonds is 5. The quantitative estimate of drug-likeness (QED) is 0.842. The fourth-order valence-corrected chi connectivity index (χ4v) is 3.27. The minimum atomic E-state index is 0.247. The highest BCUT2D eigenvalue weighted by molar-refractivity contribution is 7.99. The number of halogens is 1. The molecule has 1 N–H and O–H groups in total. The number of benzene rings is 1. The van der Waals surface area contributed by atoms with Gasteiger partial charge in [0.05, 0.1) is 6.61 Å². The Bertz CT molecular complexity index is 388. The smallest absolute Gasteiger partial charge is 0.0599 e. The number of aliphatic hydroxyl groups excluding tert-OH is 1. The molecular formula is C14H21ClN2OS. The average Bonchev–Trinajstić information content (AvgIpc) is 2.43. The summed E-state index contributed by atoms with van der Waals surface area (Å²) in [5.41, 5.74) is 0. The van der Waals surface area contributed by atoms with E-state index < -0.39 is 0 Å². The molecule has 1 aliphatic rings. The minimum Gasteiger partial charge on any atom is -0.395 e. The molecule has 0 aliphatic carbocycles. The van der Waals surface area contributed by atoms with Gasteiger partial charge in [0.2, 0.25) is 0 Å². The van der Waals surface area contributed by atoms with E-state index in [2.05, 4.69) is 29.0 Å². The van der Waals surface area contributed by atoms with Crippen molar-refractivity contribution in [1.82, 2.24) is 9.80 Å². The van der Waals surface area contributed by atoms with E-state index in [4.69, 9.17) is 11.6 Å². The van der Waals surface area contributed by atoms with Crippen molar-refractivity contribution < 1.29 is 5.11 Å². The van der Waals surface area contributed by atoms with Crippen LogP contribution in [0.25, 0.3) is 0 Å². The number of nitrogens with zero attached hydrogens (tertiary/aromatic N) is 2. The number of piperazine rings is 1. The molecule has 0 amide bonds. The second-order valence-electron chi connectivity index (χ2n) is 4.92. The molecule has 1 saturated heterocycles. The molecular weight excluding hydrogens is 280 g/mol. The number of likely N-dealkylation sites (N-methyl/N-ethyl adjacent to an activating group) is 1. The van der Waals surface area contributed by atoms with Crippen LogP contribution >= 0.6 is 23.4 Å². The summed E-state index contributed by atoms with van der Waals surface area (Å²) in [5, 5.41) is 10.1. The van der Waals surface area contributed by atoms with Crippen LogP contribution in [0, 0.1) is 0 Å². The van der Waals surface area contributed by atoms with Crippen LogP contribution in [-0.2, 0) is 0 Å². The first kappa shape index (κ1) is 15.1. The lowest BCUT2D eigenvalue weighted by Gasteiger charge is -2.38. The number of aliphatic hydroxyl groups is 1. The third kappa shape index (κ3) is 4.65. The van der Waals surface area contributed by atoms with E-state index in [9.17, 15) is 5.11 Å². The predicted octanol–water partition coefficient (Wildman–Crippen LogP) is 2.04. The third-order valence-corrected chi connectivity index (χ3v) is 4.81. The summed E-state index contributed by atoms with van der Waals surface area (Å²) in [6, 6.07) is 8.28. The fraction of sp³-hybridized carbons (Fsp3) is 0.571. The Morgan fingerprint density at radius 1 is 1.32 bits per heavy atom. The van der Waals surface area contributed by atoms with Gasteiger partial charge in [-0.1, -0.05) is 11.6 Å². The van der Waals surface area contributed by atoms with Crippen LogP contribution in [0.4, 0.5) is 0 Å². The van der Waals surface area contributed by atoms with E-state index in [1.54, 1.807) is 0 Å². The standard InChI is InChI=1S/C14H21ClN2OS/c1-16-6-7-17(10-13(16)11-18)8-9-19-14-4-2-12(15)3-5-14/h2-5,13,18H,6-11H2,1H3. The SMILES string of the molecule is CN1CCN(CCSc2ccc(Cl)cc2)CC1CO. The molecule has 0 bridgehead atoms. The van der Waals surface area contributed by atoms with Crippen molar-refractivity contribution in [2.45, 2.75) is 10.9 Å². The summed E-state index contributed by atoms with van der Waals surface area (Å²) < 4.78 is 0. The number of thioether (sulfide) groups is 1. The van der Waals surface area contributed by atoms with Gasteiger partial charge in [0.25, 0.3) is 0 Å². The van der Waals surface area contributed by atoms with Gasteiger partial charge in [-0.2, -0.15) is 0 Å². The van der Waals surface area contributed by atoms with Crippen molar-refractivity contribution in [3.63, 3.8) is 0 Å². The summed E-state index contributed by atoms with van der Waals surface area (Å²) >= 11 is 7.72. The summed E-state index contributed by atoms with van der Waals surface area (Å²) in [7, 11) is 2.08. The molecule has 1 atom stereocenters. The average molecular weight is 301 g/mol. The fourth-order valence-electron chi connectivity index (χ4n) is 2.23. The molecule has 1 fully saturated rings. The summed E-state index contributed by atoms with van der Waals surface area (Å²) in [6.45, 7) is 4.41. The largest absolute Gasteiger partial charge is 0.395 e. The molecule has 1 unspecified atom stereocenters. The molecule has 19 heavy (non-hydrogen) atoms. The van der Waals surface area contributed by atoms with Crippen molar-refractivity contribution in [3.8, 4) is 0 Å². The van der Waals surface area contributed by atoms with Gasteiger partial charge in [-0.3, -0.25) is 9.80 Å². The van der Waals surface area contributed by atoms with Crippen LogP contribution in [0.1, 0.15) is 0 Å². The maximum absolute atomic E-state index is 9.32.